The Kier molecular flexibility index (Phi) is 3.56. The molecule has 0 saturated heterocycles. The van der Waals surface area contributed by atoms with Gasteiger partial charge in [-0.25, -0.2) is 8.42 Å². The molecule has 2 unspecified atom stereocenters. The van der Waals surface area contributed by atoms with E-state index in [0.717, 1.165) is 24.7 Å². The lowest BCUT2D eigenvalue weighted by atomic mass is 9.82. The second-order valence-corrected chi connectivity index (χ2v) is 8.27. The Labute approximate surface area is 104 Å². The molecular weight excluding hydrogens is 244 g/mol. The minimum Gasteiger partial charge on any atom is -0.229 e. The highest BCUT2D eigenvalue weighted by atomic mass is 35.5. The van der Waals surface area contributed by atoms with Crippen LogP contribution in [0.4, 0.5) is 0 Å². The van der Waals surface area contributed by atoms with Gasteiger partial charge in [-0.3, -0.25) is 0 Å². The van der Waals surface area contributed by atoms with E-state index in [1.807, 2.05) is 6.92 Å². The van der Waals surface area contributed by atoms with Crippen molar-refractivity contribution in [2.24, 2.45) is 17.3 Å². The van der Waals surface area contributed by atoms with Crippen molar-refractivity contribution >= 4 is 21.4 Å². The molecule has 0 bridgehead atoms. The van der Waals surface area contributed by atoms with E-state index in [0.29, 0.717) is 17.4 Å². The van der Waals surface area contributed by atoms with Gasteiger partial charge in [-0.05, 0) is 49.4 Å². The molecule has 0 N–H and O–H groups in total. The summed E-state index contributed by atoms with van der Waals surface area (Å²) in [6, 6.07) is 0. The predicted octanol–water partition coefficient (Wildman–Crippen LogP) is 2.86. The molecule has 0 aromatic carbocycles. The average molecular weight is 265 g/mol. The first kappa shape index (κ1) is 12.7. The number of hydrogen-bond acceptors (Lipinski definition) is 2. The summed E-state index contributed by atoms with van der Waals surface area (Å²) in [5.74, 6) is 3.05. The third-order valence-corrected chi connectivity index (χ3v) is 6.62. The maximum Gasteiger partial charge on any atom is 0.150 e. The molecule has 0 aliphatic heterocycles. The summed E-state index contributed by atoms with van der Waals surface area (Å²) in [6.07, 6.45) is 5.21. The summed E-state index contributed by atoms with van der Waals surface area (Å²) in [6.45, 7) is 1.92. The smallest absolute Gasteiger partial charge is 0.150 e. The summed E-state index contributed by atoms with van der Waals surface area (Å²) in [5, 5.41) is 0. The van der Waals surface area contributed by atoms with Gasteiger partial charge >= 0.3 is 0 Å². The van der Waals surface area contributed by atoms with E-state index in [1.165, 1.54) is 19.3 Å². The van der Waals surface area contributed by atoms with E-state index < -0.39 is 9.84 Å². The maximum atomic E-state index is 11.7. The minimum absolute atomic E-state index is 0.149. The van der Waals surface area contributed by atoms with Crippen molar-refractivity contribution in [3.05, 3.63) is 0 Å². The van der Waals surface area contributed by atoms with Crippen LogP contribution in [0.25, 0.3) is 0 Å². The summed E-state index contributed by atoms with van der Waals surface area (Å²) >= 11 is 6.06. The normalized spacial score (nSPS) is 37.4. The van der Waals surface area contributed by atoms with E-state index in [9.17, 15) is 8.42 Å². The third-order valence-electron chi connectivity index (χ3n) is 4.20. The van der Waals surface area contributed by atoms with E-state index in [2.05, 4.69) is 0 Å². The van der Waals surface area contributed by atoms with Gasteiger partial charge in [-0.1, -0.05) is 6.92 Å². The summed E-state index contributed by atoms with van der Waals surface area (Å²) in [4.78, 5) is 0. The average Bonchev–Trinajstić information content (AvgIpc) is 2.84. The van der Waals surface area contributed by atoms with E-state index in [-0.39, 0.29) is 5.41 Å². The topological polar surface area (TPSA) is 34.1 Å². The minimum atomic E-state index is -2.83. The molecular formula is C12H21ClO2S. The van der Waals surface area contributed by atoms with Crippen molar-refractivity contribution in [3.8, 4) is 0 Å². The van der Waals surface area contributed by atoms with Crippen molar-refractivity contribution in [1.29, 1.82) is 0 Å². The zero-order chi connectivity index (χ0) is 11.8. The zero-order valence-corrected chi connectivity index (χ0v) is 11.5. The molecule has 0 heterocycles. The predicted molar refractivity (Wildman–Crippen MR) is 67.5 cm³/mol. The maximum absolute atomic E-state index is 11.7. The molecule has 2 rings (SSSR count). The molecule has 94 valence electrons. The number of sulfone groups is 1. The number of hydrogen-bond donors (Lipinski definition) is 0. The molecule has 0 radical (unpaired) electrons. The first-order chi connectivity index (χ1) is 7.50. The van der Waals surface area contributed by atoms with Crippen LogP contribution in [0.15, 0.2) is 0 Å². The molecule has 2 nitrogen and oxygen atoms in total. The first-order valence-corrected chi connectivity index (χ1v) is 8.62. The number of fused-ring (bicyclic) bond motifs is 1. The van der Waals surface area contributed by atoms with Gasteiger partial charge in [0.25, 0.3) is 0 Å². The van der Waals surface area contributed by atoms with Crippen LogP contribution >= 0.6 is 11.6 Å². The van der Waals surface area contributed by atoms with Crippen LogP contribution in [0.1, 0.15) is 39.0 Å². The molecule has 4 heteroatoms. The van der Waals surface area contributed by atoms with Crippen molar-refractivity contribution in [1.82, 2.24) is 0 Å². The van der Waals surface area contributed by atoms with Gasteiger partial charge in [0, 0.05) is 11.6 Å². The molecule has 16 heavy (non-hydrogen) atoms. The molecule has 0 spiro atoms. The Bertz CT molecular complexity index is 340. The fourth-order valence-corrected chi connectivity index (χ4v) is 5.09. The summed E-state index contributed by atoms with van der Waals surface area (Å²) in [5.41, 5.74) is 0.149. The Morgan fingerprint density at radius 3 is 2.38 bits per heavy atom. The van der Waals surface area contributed by atoms with Gasteiger partial charge in [0.2, 0.25) is 0 Å². The van der Waals surface area contributed by atoms with Crippen LogP contribution in [0.5, 0.6) is 0 Å². The summed E-state index contributed by atoms with van der Waals surface area (Å²) < 4.78 is 23.4. The van der Waals surface area contributed by atoms with Crippen LogP contribution in [0.2, 0.25) is 0 Å². The van der Waals surface area contributed by atoms with E-state index >= 15 is 0 Å². The van der Waals surface area contributed by atoms with Crippen LogP contribution in [-0.2, 0) is 9.84 Å². The zero-order valence-electron chi connectivity index (χ0n) is 9.91. The van der Waals surface area contributed by atoms with Gasteiger partial charge < -0.3 is 0 Å². The lowest BCUT2D eigenvalue weighted by Gasteiger charge is -2.28. The van der Waals surface area contributed by atoms with Crippen LogP contribution in [-0.4, -0.2) is 25.8 Å². The Morgan fingerprint density at radius 1 is 1.25 bits per heavy atom. The van der Waals surface area contributed by atoms with Crippen molar-refractivity contribution in [2.45, 2.75) is 39.0 Å². The van der Waals surface area contributed by atoms with Gasteiger partial charge in [-0.2, -0.15) is 0 Å². The second-order valence-electron chi connectivity index (χ2n) is 5.70. The second kappa shape index (κ2) is 4.49. The fraction of sp³-hybridized carbons (Fsp3) is 1.00. The van der Waals surface area contributed by atoms with E-state index in [1.54, 1.807) is 0 Å². The summed E-state index contributed by atoms with van der Waals surface area (Å²) in [7, 11) is -2.83. The lowest BCUT2D eigenvalue weighted by molar-refractivity contribution is 0.294. The van der Waals surface area contributed by atoms with Gasteiger partial charge in [0.05, 0.1) is 5.75 Å². The Hall–Kier alpha value is 0.240. The highest BCUT2D eigenvalue weighted by Crippen LogP contribution is 2.61. The Balaban J connectivity index is 1.88. The van der Waals surface area contributed by atoms with Crippen molar-refractivity contribution < 1.29 is 8.42 Å². The largest absolute Gasteiger partial charge is 0.229 e. The lowest BCUT2D eigenvalue weighted by Crippen LogP contribution is -2.25. The molecule has 0 aromatic rings. The van der Waals surface area contributed by atoms with Crippen LogP contribution in [0, 0.1) is 17.3 Å². The standard InChI is InChI=1S/C12H21ClO2S/c1-2-4-16(14,15)5-3-12(9-13)7-10-6-11(10)8-12/h10-11H,2-9H2,1H3. The molecule has 2 saturated carbocycles. The molecule has 0 aromatic heterocycles. The number of rotatable bonds is 6. The highest BCUT2D eigenvalue weighted by Gasteiger charge is 2.53. The number of halogens is 1. The van der Waals surface area contributed by atoms with Gasteiger partial charge in [0.15, 0.2) is 0 Å². The van der Waals surface area contributed by atoms with Crippen LogP contribution in [0.3, 0.4) is 0 Å². The van der Waals surface area contributed by atoms with Crippen molar-refractivity contribution in [3.63, 3.8) is 0 Å². The molecule has 0 amide bonds. The van der Waals surface area contributed by atoms with Crippen LogP contribution < -0.4 is 0 Å². The quantitative estimate of drug-likeness (QED) is 0.692. The molecule has 2 atom stereocenters. The fourth-order valence-electron chi connectivity index (χ4n) is 3.17. The number of alkyl halides is 1. The SMILES string of the molecule is CCCS(=O)(=O)CCC1(CCl)CC2CC2C1. The Morgan fingerprint density at radius 2 is 1.88 bits per heavy atom. The molecule has 2 fully saturated rings. The highest BCUT2D eigenvalue weighted by molar-refractivity contribution is 7.91. The van der Waals surface area contributed by atoms with E-state index in [4.69, 9.17) is 11.6 Å². The molecule has 2 aliphatic carbocycles. The van der Waals surface area contributed by atoms with Crippen molar-refractivity contribution in [2.75, 3.05) is 17.4 Å². The van der Waals surface area contributed by atoms with Gasteiger partial charge in [-0.15, -0.1) is 11.6 Å². The third kappa shape index (κ3) is 2.73. The molecule has 2 aliphatic rings. The van der Waals surface area contributed by atoms with Gasteiger partial charge in [0.1, 0.15) is 9.84 Å². The monoisotopic (exact) mass is 264 g/mol. The first-order valence-electron chi connectivity index (χ1n) is 6.27.